The van der Waals surface area contributed by atoms with Crippen molar-refractivity contribution in [1.29, 1.82) is 0 Å². The zero-order valence-corrected chi connectivity index (χ0v) is 8.74. The highest BCUT2D eigenvalue weighted by molar-refractivity contribution is 5.88. The second-order valence-electron chi connectivity index (χ2n) is 3.20. The number of methoxy groups -OCH3 is 1. The van der Waals surface area contributed by atoms with Crippen LogP contribution in [-0.4, -0.2) is 18.2 Å². The Morgan fingerprint density at radius 2 is 2.06 bits per heavy atom. The molecule has 1 aromatic carbocycles. The van der Waals surface area contributed by atoms with Crippen LogP contribution in [0.5, 0.6) is 0 Å². The van der Waals surface area contributed by atoms with E-state index in [2.05, 4.69) is 9.89 Å². The van der Waals surface area contributed by atoms with Gasteiger partial charge < -0.3 is 9.26 Å². The summed E-state index contributed by atoms with van der Waals surface area (Å²) in [6.45, 7) is 0. The number of rotatable bonds is 2. The lowest BCUT2D eigenvalue weighted by atomic mass is 10.1. The summed E-state index contributed by atoms with van der Waals surface area (Å²) in [5.41, 5.74) is 0.249. The number of aromatic nitrogens is 1. The first-order valence-electron chi connectivity index (χ1n) is 4.62. The number of benzene rings is 1. The lowest BCUT2D eigenvalue weighted by molar-refractivity contribution is 0.0589. The molecule has 4 nitrogen and oxygen atoms in total. The number of carbonyl (C=O) groups excluding carboxylic acids is 1. The van der Waals surface area contributed by atoms with E-state index in [1.54, 1.807) is 0 Å². The molecular formula is C11H7F2NO3. The molecule has 1 heterocycles. The molecule has 0 saturated carbocycles. The van der Waals surface area contributed by atoms with Crippen molar-refractivity contribution < 1.29 is 22.8 Å². The second kappa shape index (κ2) is 4.32. The van der Waals surface area contributed by atoms with E-state index in [1.165, 1.54) is 19.2 Å². The molecule has 0 aliphatic carbocycles. The Hall–Kier alpha value is -2.24. The lowest BCUT2D eigenvalue weighted by Gasteiger charge is -1.96. The Balaban J connectivity index is 2.37. The predicted octanol–water partition coefficient (Wildman–Crippen LogP) is 2.41. The molecule has 0 spiro atoms. The highest BCUT2D eigenvalue weighted by atomic mass is 19.2. The molecule has 0 N–H and O–H groups in total. The van der Waals surface area contributed by atoms with Crippen molar-refractivity contribution in [3.05, 3.63) is 41.6 Å². The SMILES string of the molecule is COC(=O)c1cc(-c2ccc(F)c(F)c2)on1. The van der Waals surface area contributed by atoms with E-state index in [4.69, 9.17) is 4.52 Å². The molecule has 0 saturated heterocycles. The molecule has 0 radical (unpaired) electrons. The summed E-state index contributed by atoms with van der Waals surface area (Å²) in [6.07, 6.45) is 0. The summed E-state index contributed by atoms with van der Waals surface area (Å²) in [7, 11) is 1.20. The minimum absolute atomic E-state index is 0.0350. The van der Waals surface area contributed by atoms with Crippen molar-refractivity contribution in [3.63, 3.8) is 0 Å². The van der Waals surface area contributed by atoms with E-state index in [9.17, 15) is 13.6 Å². The second-order valence-corrected chi connectivity index (χ2v) is 3.20. The molecule has 0 aliphatic rings. The third-order valence-electron chi connectivity index (χ3n) is 2.11. The average molecular weight is 239 g/mol. The molecule has 0 atom stereocenters. The van der Waals surface area contributed by atoms with Gasteiger partial charge in [-0.05, 0) is 18.2 Å². The van der Waals surface area contributed by atoms with Crippen molar-refractivity contribution in [3.8, 4) is 11.3 Å². The van der Waals surface area contributed by atoms with E-state index in [-0.39, 0.29) is 17.0 Å². The van der Waals surface area contributed by atoms with Crippen LogP contribution < -0.4 is 0 Å². The van der Waals surface area contributed by atoms with Crippen LogP contribution in [0.1, 0.15) is 10.5 Å². The Bertz CT molecular complexity index is 566. The summed E-state index contributed by atoms with van der Waals surface area (Å²) < 4.78 is 34.9. The summed E-state index contributed by atoms with van der Waals surface area (Å²) in [6, 6.07) is 4.53. The monoisotopic (exact) mass is 239 g/mol. The van der Waals surface area contributed by atoms with Crippen LogP contribution in [0.4, 0.5) is 8.78 Å². The van der Waals surface area contributed by atoms with Crippen molar-refractivity contribution >= 4 is 5.97 Å². The number of nitrogens with zero attached hydrogens (tertiary/aromatic N) is 1. The molecule has 6 heteroatoms. The van der Waals surface area contributed by atoms with Crippen LogP contribution in [0.2, 0.25) is 0 Å². The molecule has 1 aromatic heterocycles. The molecule has 0 amide bonds. The predicted molar refractivity (Wildman–Crippen MR) is 53.2 cm³/mol. The van der Waals surface area contributed by atoms with Crippen LogP contribution >= 0.6 is 0 Å². The summed E-state index contributed by atoms with van der Waals surface area (Å²) >= 11 is 0. The van der Waals surface area contributed by atoms with Gasteiger partial charge >= 0.3 is 5.97 Å². The van der Waals surface area contributed by atoms with Gasteiger partial charge in [0.2, 0.25) is 0 Å². The first-order chi connectivity index (χ1) is 8.11. The average Bonchev–Trinajstić information content (AvgIpc) is 2.81. The third kappa shape index (κ3) is 2.15. The standard InChI is InChI=1S/C11H7F2NO3/c1-16-11(15)9-5-10(17-14-9)6-2-3-7(12)8(13)4-6/h2-5H,1H3. The minimum Gasteiger partial charge on any atom is -0.464 e. The Labute approximate surface area is 94.8 Å². The molecular weight excluding hydrogens is 232 g/mol. The number of esters is 1. The molecule has 2 rings (SSSR count). The highest BCUT2D eigenvalue weighted by Crippen LogP contribution is 2.22. The molecule has 0 unspecified atom stereocenters. The molecule has 0 aliphatic heterocycles. The van der Waals surface area contributed by atoms with Gasteiger partial charge in [-0.2, -0.15) is 0 Å². The maximum Gasteiger partial charge on any atom is 0.360 e. The van der Waals surface area contributed by atoms with Gasteiger partial charge in [-0.1, -0.05) is 5.16 Å². The first kappa shape index (κ1) is 11.3. The third-order valence-corrected chi connectivity index (χ3v) is 2.11. The smallest absolute Gasteiger partial charge is 0.360 e. The van der Waals surface area contributed by atoms with Crippen LogP contribution in [0.15, 0.2) is 28.8 Å². The quantitative estimate of drug-likeness (QED) is 0.755. The van der Waals surface area contributed by atoms with E-state index in [1.807, 2.05) is 0 Å². The lowest BCUT2D eigenvalue weighted by Crippen LogP contribution is -2.00. The fraction of sp³-hybridized carbons (Fsp3) is 0.0909. The maximum atomic E-state index is 13.0. The fourth-order valence-corrected chi connectivity index (χ4v) is 1.26. The van der Waals surface area contributed by atoms with Gasteiger partial charge in [0.15, 0.2) is 23.1 Å². The molecule has 2 aromatic rings. The Morgan fingerprint density at radius 3 is 2.71 bits per heavy atom. The summed E-state index contributed by atoms with van der Waals surface area (Å²) in [5, 5.41) is 3.45. The topological polar surface area (TPSA) is 52.3 Å². The van der Waals surface area contributed by atoms with Crippen molar-refractivity contribution in [2.24, 2.45) is 0 Å². The van der Waals surface area contributed by atoms with Gasteiger partial charge in [-0.25, -0.2) is 13.6 Å². The van der Waals surface area contributed by atoms with Gasteiger partial charge in [0, 0.05) is 11.6 Å². The van der Waals surface area contributed by atoms with Gasteiger partial charge in [0.05, 0.1) is 7.11 Å². The Morgan fingerprint density at radius 1 is 1.29 bits per heavy atom. The number of hydrogen-bond acceptors (Lipinski definition) is 4. The zero-order valence-electron chi connectivity index (χ0n) is 8.74. The van der Waals surface area contributed by atoms with Gasteiger partial charge in [0.1, 0.15) is 0 Å². The number of halogens is 2. The number of hydrogen-bond donors (Lipinski definition) is 0. The van der Waals surface area contributed by atoms with Crippen LogP contribution in [0, 0.1) is 11.6 Å². The van der Waals surface area contributed by atoms with Crippen molar-refractivity contribution in [1.82, 2.24) is 5.16 Å². The van der Waals surface area contributed by atoms with E-state index in [0.29, 0.717) is 0 Å². The van der Waals surface area contributed by atoms with Gasteiger partial charge in [-0.15, -0.1) is 0 Å². The fourth-order valence-electron chi connectivity index (χ4n) is 1.26. The molecule has 0 fully saturated rings. The Kier molecular flexibility index (Phi) is 2.86. The van der Waals surface area contributed by atoms with Gasteiger partial charge in [0.25, 0.3) is 0 Å². The maximum absolute atomic E-state index is 13.0. The largest absolute Gasteiger partial charge is 0.464 e. The molecule has 88 valence electrons. The zero-order chi connectivity index (χ0) is 12.4. The highest BCUT2D eigenvalue weighted by Gasteiger charge is 2.14. The van der Waals surface area contributed by atoms with E-state index >= 15 is 0 Å². The number of carbonyl (C=O) groups is 1. The van der Waals surface area contributed by atoms with Crippen LogP contribution in [0.25, 0.3) is 11.3 Å². The van der Waals surface area contributed by atoms with Gasteiger partial charge in [-0.3, -0.25) is 0 Å². The van der Waals surface area contributed by atoms with E-state index < -0.39 is 17.6 Å². The van der Waals surface area contributed by atoms with Crippen molar-refractivity contribution in [2.75, 3.05) is 7.11 Å². The van der Waals surface area contributed by atoms with Crippen LogP contribution in [0.3, 0.4) is 0 Å². The normalized spacial score (nSPS) is 10.3. The first-order valence-corrected chi connectivity index (χ1v) is 4.62. The summed E-state index contributed by atoms with van der Waals surface area (Å²) in [5.74, 6) is -2.47. The minimum atomic E-state index is -1.00. The summed E-state index contributed by atoms with van der Waals surface area (Å²) in [4.78, 5) is 11.1. The van der Waals surface area contributed by atoms with Crippen molar-refractivity contribution in [2.45, 2.75) is 0 Å². The van der Waals surface area contributed by atoms with E-state index in [0.717, 1.165) is 12.1 Å². The van der Waals surface area contributed by atoms with Crippen LogP contribution in [-0.2, 0) is 4.74 Å². The number of ether oxygens (including phenoxy) is 1. The molecule has 17 heavy (non-hydrogen) atoms. The molecule has 0 bridgehead atoms.